The fourth-order valence-corrected chi connectivity index (χ4v) is 4.37. The number of fused-ring (bicyclic) bond motifs is 1. The van der Waals surface area contributed by atoms with E-state index in [1.54, 1.807) is 19.2 Å². The van der Waals surface area contributed by atoms with Gasteiger partial charge in [0.15, 0.2) is 0 Å². The number of aromatic nitrogens is 4. The van der Waals surface area contributed by atoms with Crippen molar-refractivity contribution in [2.45, 2.75) is 38.3 Å². The molecule has 1 N–H and O–H groups in total. The lowest BCUT2D eigenvalue weighted by Crippen LogP contribution is -2.37. The minimum atomic E-state index is -0.231. The summed E-state index contributed by atoms with van der Waals surface area (Å²) in [7, 11) is 1.63. The third-order valence-corrected chi connectivity index (χ3v) is 5.92. The summed E-state index contributed by atoms with van der Waals surface area (Å²) in [6.07, 6.45) is 3.05. The highest BCUT2D eigenvalue weighted by atomic mass is 16.5. The molecule has 5 rings (SSSR count). The number of aryl methyl sites for hydroxylation is 2. The largest absolute Gasteiger partial charge is 0.497 e. The molecule has 1 aromatic carbocycles. The zero-order chi connectivity index (χ0) is 21.4. The lowest BCUT2D eigenvalue weighted by molar-refractivity contribution is 0.183. The Morgan fingerprint density at radius 1 is 1.16 bits per heavy atom. The number of nitrogens with zero attached hydrogens (tertiary/aromatic N) is 4. The highest BCUT2D eigenvalue weighted by Gasteiger charge is 2.33. The number of methoxy groups -OCH3 is 1. The van der Waals surface area contributed by atoms with Gasteiger partial charge in [-0.1, -0.05) is 12.1 Å². The van der Waals surface area contributed by atoms with Gasteiger partial charge in [0.2, 0.25) is 0 Å². The van der Waals surface area contributed by atoms with Crippen molar-refractivity contribution in [3.8, 4) is 17.0 Å². The molecular formula is C23H25N5O3. The molecule has 0 saturated carbocycles. The van der Waals surface area contributed by atoms with E-state index in [1.807, 2.05) is 31.2 Å². The molecular weight excluding hydrogens is 394 g/mol. The lowest BCUT2D eigenvalue weighted by atomic mass is 10.1. The summed E-state index contributed by atoms with van der Waals surface area (Å²) < 4.78 is 12.6. The first-order chi connectivity index (χ1) is 15.1. The molecule has 0 radical (unpaired) electrons. The monoisotopic (exact) mass is 419 g/mol. The first-order valence-electron chi connectivity index (χ1n) is 10.6. The van der Waals surface area contributed by atoms with E-state index < -0.39 is 0 Å². The quantitative estimate of drug-likeness (QED) is 0.680. The van der Waals surface area contributed by atoms with Crippen molar-refractivity contribution in [1.82, 2.24) is 19.7 Å². The van der Waals surface area contributed by atoms with Gasteiger partial charge in [-0.05, 0) is 44.4 Å². The average Bonchev–Trinajstić information content (AvgIpc) is 3.43. The number of rotatable bonds is 5. The van der Waals surface area contributed by atoms with Crippen LogP contribution in [0.25, 0.3) is 11.3 Å². The molecule has 1 fully saturated rings. The number of benzene rings is 1. The Bertz CT molecular complexity index is 1180. The van der Waals surface area contributed by atoms with Crippen molar-refractivity contribution < 1.29 is 9.47 Å². The maximum absolute atomic E-state index is 12.7. The van der Waals surface area contributed by atoms with Gasteiger partial charge < -0.3 is 14.8 Å². The van der Waals surface area contributed by atoms with Crippen molar-refractivity contribution in [2.75, 3.05) is 25.6 Å². The molecule has 31 heavy (non-hydrogen) atoms. The van der Waals surface area contributed by atoms with Gasteiger partial charge >= 0.3 is 0 Å². The number of anilines is 1. The van der Waals surface area contributed by atoms with E-state index in [0.29, 0.717) is 18.9 Å². The molecule has 2 unspecified atom stereocenters. The first kappa shape index (κ1) is 19.7. The molecule has 2 aromatic heterocycles. The minimum absolute atomic E-state index is 0.107. The van der Waals surface area contributed by atoms with Crippen molar-refractivity contribution >= 4 is 5.82 Å². The maximum atomic E-state index is 12.7. The third kappa shape index (κ3) is 3.79. The van der Waals surface area contributed by atoms with Gasteiger partial charge in [-0.25, -0.2) is 14.6 Å². The molecule has 0 spiro atoms. The van der Waals surface area contributed by atoms with Gasteiger partial charge in [0.25, 0.3) is 5.56 Å². The van der Waals surface area contributed by atoms with Crippen LogP contribution in [0.4, 0.5) is 5.82 Å². The van der Waals surface area contributed by atoms with Crippen molar-refractivity contribution in [3.05, 3.63) is 63.8 Å². The van der Waals surface area contributed by atoms with Gasteiger partial charge in [0, 0.05) is 22.9 Å². The van der Waals surface area contributed by atoms with Crippen molar-refractivity contribution in [2.24, 2.45) is 0 Å². The fraction of sp³-hybridized carbons (Fsp3) is 0.391. The molecule has 2 atom stereocenters. The van der Waals surface area contributed by atoms with Crippen LogP contribution in [0.1, 0.15) is 29.5 Å². The summed E-state index contributed by atoms with van der Waals surface area (Å²) in [6, 6.07) is 10.6. The summed E-state index contributed by atoms with van der Waals surface area (Å²) in [5.74, 6) is 2.36. The molecule has 1 saturated heterocycles. The summed E-state index contributed by atoms with van der Waals surface area (Å²) in [5.41, 5.74) is 3.75. The second-order valence-electron chi connectivity index (χ2n) is 7.99. The van der Waals surface area contributed by atoms with Crippen LogP contribution in [0.15, 0.2) is 41.2 Å². The lowest BCUT2D eigenvalue weighted by Gasteiger charge is -2.22. The van der Waals surface area contributed by atoms with Crippen LogP contribution in [0.3, 0.4) is 0 Å². The first-order valence-corrected chi connectivity index (χ1v) is 10.6. The molecule has 8 heteroatoms. The Kier molecular flexibility index (Phi) is 5.15. The van der Waals surface area contributed by atoms with Gasteiger partial charge in [0.1, 0.15) is 23.4 Å². The van der Waals surface area contributed by atoms with E-state index in [2.05, 4.69) is 20.4 Å². The Hall–Kier alpha value is -3.26. The van der Waals surface area contributed by atoms with Crippen LogP contribution in [-0.4, -0.2) is 46.1 Å². The summed E-state index contributed by atoms with van der Waals surface area (Å²) in [4.78, 5) is 21.9. The average molecular weight is 419 g/mol. The van der Waals surface area contributed by atoms with Crippen molar-refractivity contribution in [3.63, 3.8) is 0 Å². The molecule has 3 aromatic rings. The molecule has 1 aliphatic carbocycles. The molecule has 160 valence electrons. The molecule has 8 nitrogen and oxygen atoms in total. The number of hydrogen-bond acceptors (Lipinski definition) is 7. The predicted octanol–water partition coefficient (Wildman–Crippen LogP) is 2.56. The molecule has 0 bridgehead atoms. The molecule has 2 aliphatic rings. The highest BCUT2D eigenvalue weighted by Crippen LogP contribution is 2.29. The topological polar surface area (TPSA) is 91.2 Å². The summed E-state index contributed by atoms with van der Waals surface area (Å²) >= 11 is 0. The van der Waals surface area contributed by atoms with E-state index in [9.17, 15) is 4.79 Å². The highest BCUT2D eigenvalue weighted by molar-refractivity contribution is 5.60. The summed E-state index contributed by atoms with van der Waals surface area (Å²) in [5, 5.41) is 8.22. The standard InChI is InChI=1S/C23H25N5O3/c1-14-24-19-8-4-7-17(19)23(25-14)26-20-12-31-13-21(20)28-22(29)10-9-18(27-28)15-5-3-6-16(11-15)30-2/h3,5-6,9-11,20-21H,4,7-8,12-13H2,1-2H3,(H,24,25,26). The maximum Gasteiger partial charge on any atom is 0.267 e. The van der Waals surface area contributed by atoms with E-state index >= 15 is 0 Å². The minimum Gasteiger partial charge on any atom is -0.497 e. The van der Waals surface area contributed by atoms with Crippen LogP contribution >= 0.6 is 0 Å². The van der Waals surface area contributed by atoms with Crippen molar-refractivity contribution in [1.29, 1.82) is 0 Å². The van der Waals surface area contributed by atoms with E-state index in [-0.39, 0.29) is 17.6 Å². The number of ether oxygens (including phenoxy) is 2. The Morgan fingerprint density at radius 3 is 2.94 bits per heavy atom. The Balaban J connectivity index is 1.47. The van der Waals surface area contributed by atoms with E-state index in [0.717, 1.165) is 47.9 Å². The molecule has 3 heterocycles. The zero-order valence-corrected chi connectivity index (χ0v) is 17.7. The Morgan fingerprint density at radius 2 is 2.06 bits per heavy atom. The zero-order valence-electron chi connectivity index (χ0n) is 17.7. The smallest absolute Gasteiger partial charge is 0.267 e. The second-order valence-corrected chi connectivity index (χ2v) is 7.99. The normalized spacial score (nSPS) is 19.9. The molecule has 0 amide bonds. The van der Waals surface area contributed by atoms with E-state index in [1.165, 1.54) is 10.2 Å². The fourth-order valence-electron chi connectivity index (χ4n) is 4.37. The van der Waals surface area contributed by atoms with Crippen LogP contribution in [-0.2, 0) is 17.6 Å². The summed E-state index contributed by atoms with van der Waals surface area (Å²) in [6.45, 7) is 2.81. The van der Waals surface area contributed by atoms with Gasteiger partial charge in [-0.3, -0.25) is 4.79 Å². The van der Waals surface area contributed by atoms with Crippen LogP contribution < -0.4 is 15.6 Å². The van der Waals surface area contributed by atoms with Gasteiger partial charge in [0.05, 0.1) is 32.1 Å². The third-order valence-electron chi connectivity index (χ3n) is 5.92. The van der Waals surface area contributed by atoms with Crippen LogP contribution in [0.2, 0.25) is 0 Å². The van der Waals surface area contributed by atoms with E-state index in [4.69, 9.17) is 9.47 Å². The SMILES string of the molecule is COc1cccc(-c2ccc(=O)n(C3COCC3Nc3nc(C)nc4c3CCC4)n2)c1. The van der Waals surface area contributed by atoms with Crippen LogP contribution in [0.5, 0.6) is 5.75 Å². The number of nitrogens with one attached hydrogen (secondary N) is 1. The molecule has 1 aliphatic heterocycles. The Labute approximate surface area is 180 Å². The van der Waals surface area contributed by atoms with Gasteiger partial charge in [-0.2, -0.15) is 5.10 Å². The van der Waals surface area contributed by atoms with Gasteiger partial charge in [-0.15, -0.1) is 0 Å². The van der Waals surface area contributed by atoms with Crippen LogP contribution in [0, 0.1) is 6.92 Å². The second kappa shape index (κ2) is 8.11. The predicted molar refractivity (Wildman–Crippen MR) is 117 cm³/mol. The number of hydrogen-bond donors (Lipinski definition) is 1.